The number of nitrogens with two attached hydrogens (primary N) is 1. The van der Waals surface area contributed by atoms with Crippen LogP contribution in [0.2, 0.25) is 0 Å². The largest absolute Gasteiger partial charge is 0.508 e. The normalized spacial score (nSPS) is 21.7. The summed E-state index contributed by atoms with van der Waals surface area (Å²) in [7, 11) is 0. The highest BCUT2D eigenvalue weighted by Gasteiger charge is 2.21. The van der Waals surface area contributed by atoms with Crippen molar-refractivity contribution in [2.75, 3.05) is 0 Å². The molecule has 1 aliphatic carbocycles. The van der Waals surface area contributed by atoms with Crippen LogP contribution in [0.15, 0.2) is 18.2 Å². The first-order valence-corrected chi connectivity index (χ1v) is 3.85. The molecule has 0 spiro atoms. The molecule has 3 N–H and O–H groups in total. The number of aromatic hydroxyl groups is 1. The molecule has 1 atom stereocenters. The van der Waals surface area contributed by atoms with Crippen molar-refractivity contribution in [1.82, 2.24) is 0 Å². The zero-order valence-corrected chi connectivity index (χ0v) is 6.25. The zero-order chi connectivity index (χ0) is 7.84. The van der Waals surface area contributed by atoms with Crippen molar-refractivity contribution < 1.29 is 5.11 Å². The fourth-order valence-corrected chi connectivity index (χ4v) is 1.70. The van der Waals surface area contributed by atoms with Crippen molar-refractivity contribution in [1.29, 1.82) is 0 Å². The Morgan fingerprint density at radius 1 is 1.45 bits per heavy atom. The van der Waals surface area contributed by atoms with Crippen molar-refractivity contribution >= 4 is 0 Å². The van der Waals surface area contributed by atoms with E-state index in [0.717, 1.165) is 18.4 Å². The minimum atomic E-state index is 0.0474. The van der Waals surface area contributed by atoms with Gasteiger partial charge in [0, 0.05) is 11.6 Å². The summed E-state index contributed by atoms with van der Waals surface area (Å²) in [6.07, 6.45) is 1.97. The summed E-state index contributed by atoms with van der Waals surface area (Å²) in [5, 5.41) is 9.42. The van der Waals surface area contributed by atoms with Crippen LogP contribution in [0.5, 0.6) is 5.75 Å². The smallest absolute Gasteiger partial charge is 0.120 e. The van der Waals surface area contributed by atoms with Gasteiger partial charge in [-0.3, -0.25) is 0 Å². The lowest BCUT2D eigenvalue weighted by molar-refractivity contribution is 0.463. The molecule has 0 saturated carbocycles. The summed E-state index contributed by atoms with van der Waals surface area (Å²) in [5.41, 5.74) is 7.94. The third kappa shape index (κ3) is 0.906. The molecule has 0 fully saturated rings. The Morgan fingerprint density at radius 3 is 3.00 bits per heavy atom. The molecule has 2 nitrogen and oxygen atoms in total. The molecule has 0 bridgehead atoms. The summed E-state index contributed by atoms with van der Waals surface area (Å²) in [4.78, 5) is 0. The predicted molar refractivity (Wildman–Crippen MR) is 43.4 cm³/mol. The molecule has 58 valence electrons. The van der Waals surface area contributed by atoms with Gasteiger partial charge in [-0.2, -0.15) is 0 Å². The highest BCUT2D eigenvalue weighted by atomic mass is 16.3. The summed E-state index contributed by atoms with van der Waals surface area (Å²) in [6, 6.07) is 5.64. The molecule has 0 unspecified atom stereocenters. The van der Waals surface area contributed by atoms with Crippen LogP contribution in [-0.2, 0) is 6.42 Å². The summed E-state index contributed by atoms with van der Waals surface area (Å²) >= 11 is 0. The number of aryl methyl sites for hydroxylation is 1. The number of fused-ring (bicyclic) bond motifs is 1. The Morgan fingerprint density at radius 2 is 2.27 bits per heavy atom. The van der Waals surface area contributed by atoms with Gasteiger partial charge in [0.25, 0.3) is 0 Å². The second-order valence-corrected chi connectivity index (χ2v) is 3.00. The Hall–Kier alpha value is -1.02. The van der Waals surface area contributed by atoms with Gasteiger partial charge >= 0.3 is 0 Å². The number of phenols is 1. The average Bonchev–Trinajstić information content (AvgIpc) is 2.34. The van der Waals surface area contributed by atoms with Crippen molar-refractivity contribution in [2.24, 2.45) is 5.73 Å². The van der Waals surface area contributed by atoms with Crippen molar-refractivity contribution in [3.05, 3.63) is 29.3 Å². The topological polar surface area (TPSA) is 46.2 Å². The van der Waals surface area contributed by atoms with Crippen LogP contribution in [0.25, 0.3) is 0 Å². The van der Waals surface area contributed by atoms with E-state index in [9.17, 15) is 5.11 Å². The van der Waals surface area contributed by atoms with E-state index in [1.165, 1.54) is 5.56 Å². The van der Waals surface area contributed by atoms with Crippen molar-refractivity contribution in [3.8, 4) is 5.75 Å². The second kappa shape index (κ2) is 2.24. The lowest BCUT2D eigenvalue weighted by Gasteiger charge is -2.05. The maximum absolute atomic E-state index is 9.42. The first-order chi connectivity index (χ1) is 5.29. The Kier molecular flexibility index (Phi) is 1.36. The molecule has 0 amide bonds. The molecular formula is C9H11NO. The van der Waals surface area contributed by atoms with Gasteiger partial charge in [-0.1, -0.05) is 12.1 Å². The van der Waals surface area contributed by atoms with E-state index < -0.39 is 0 Å². The average molecular weight is 149 g/mol. The molecule has 1 aromatic rings. The predicted octanol–water partition coefficient (Wildman–Crippen LogP) is 1.34. The highest BCUT2D eigenvalue weighted by molar-refractivity contribution is 5.44. The second-order valence-electron chi connectivity index (χ2n) is 3.00. The van der Waals surface area contributed by atoms with Crippen LogP contribution < -0.4 is 5.73 Å². The highest BCUT2D eigenvalue weighted by Crippen LogP contribution is 2.35. The minimum absolute atomic E-state index is 0.0474. The fourth-order valence-electron chi connectivity index (χ4n) is 1.70. The molecule has 11 heavy (non-hydrogen) atoms. The molecule has 0 heterocycles. The molecule has 1 aromatic carbocycles. The molecule has 2 rings (SSSR count). The maximum Gasteiger partial charge on any atom is 0.120 e. The van der Waals surface area contributed by atoms with E-state index in [-0.39, 0.29) is 6.04 Å². The lowest BCUT2D eigenvalue weighted by Crippen LogP contribution is -2.05. The van der Waals surface area contributed by atoms with Gasteiger partial charge in [-0.15, -0.1) is 0 Å². The number of hydrogen-bond donors (Lipinski definition) is 2. The van der Waals surface area contributed by atoms with Gasteiger partial charge in [0.15, 0.2) is 0 Å². The number of hydrogen-bond acceptors (Lipinski definition) is 2. The SMILES string of the molecule is N[C@H]1CCc2cccc(O)c21. The summed E-state index contributed by atoms with van der Waals surface area (Å²) in [6.45, 7) is 0. The van der Waals surface area contributed by atoms with Crippen LogP contribution >= 0.6 is 0 Å². The molecule has 1 aliphatic rings. The van der Waals surface area contributed by atoms with E-state index in [0.29, 0.717) is 5.75 Å². The number of rotatable bonds is 0. The van der Waals surface area contributed by atoms with Gasteiger partial charge in [0.1, 0.15) is 5.75 Å². The van der Waals surface area contributed by atoms with Gasteiger partial charge in [0.2, 0.25) is 0 Å². The third-order valence-corrected chi connectivity index (χ3v) is 2.27. The van der Waals surface area contributed by atoms with Crippen LogP contribution in [0.3, 0.4) is 0 Å². The Labute approximate surface area is 65.7 Å². The molecular weight excluding hydrogens is 138 g/mol. The Bertz CT molecular complexity index is 283. The van der Waals surface area contributed by atoms with Crippen LogP contribution in [0, 0.1) is 0 Å². The molecule has 0 aliphatic heterocycles. The van der Waals surface area contributed by atoms with Gasteiger partial charge in [-0.25, -0.2) is 0 Å². The van der Waals surface area contributed by atoms with Crippen LogP contribution in [-0.4, -0.2) is 5.11 Å². The van der Waals surface area contributed by atoms with Crippen molar-refractivity contribution in [2.45, 2.75) is 18.9 Å². The Balaban J connectivity index is 2.58. The van der Waals surface area contributed by atoms with Crippen LogP contribution in [0.4, 0.5) is 0 Å². The molecule has 0 aromatic heterocycles. The summed E-state index contributed by atoms with van der Waals surface area (Å²) < 4.78 is 0. The van der Waals surface area contributed by atoms with E-state index in [1.807, 2.05) is 12.1 Å². The molecule has 2 heteroatoms. The number of phenolic OH excluding ortho intramolecular Hbond substituents is 1. The van der Waals surface area contributed by atoms with E-state index in [2.05, 4.69) is 0 Å². The quantitative estimate of drug-likeness (QED) is 0.584. The van der Waals surface area contributed by atoms with Gasteiger partial charge in [0.05, 0.1) is 0 Å². The van der Waals surface area contributed by atoms with Gasteiger partial charge in [-0.05, 0) is 24.5 Å². The standard InChI is InChI=1S/C9H11NO/c10-7-5-4-6-2-1-3-8(11)9(6)7/h1-3,7,11H,4-5,10H2/t7-/m0/s1. The van der Waals surface area contributed by atoms with Crippen LogP contribution in [0.1, 0.15) is 23.6 Å². The lowest BCUT2D eigenvalue weighted by atomic mass is 10.1. The molecule has 0 saturated heterocycles. The van der Waals surface area contributed by atoms with Crippen molar-refractivity contribution in [3.63, 3.8) is 0 Å². The third-order valence-electron chi connectivity index (χ3n) is 2.27. The fraction of sp³-hybridized carbons (Fsp3) is 0.333. The first kappa shape index (κ1) is 6.68. The minimum Gasteiger partial charge on any atom is -0.508 e. The summed E-state index contributed by atoms with van der Waals surface area (Å²) in [5.74, 6) is 0.354. The zero-order valence-electron chi connectivity index (χ0n) is 6.25. The monoisotopic (exact) mass is 149 g/mol. The maximum atomic E-state index is 9.42. The van der Waals surface area contributed by atoms with E-state index in [1.54, 1.807) is 6.07 Å². The van der Waals surface area contributed by atoms with E-state index >= 15 is 0 Å². The van der Waals surface area contributed by atoms with E-state index in [4.69, 9.17) is 5.73 Å². The first-order valence-electron chi connectivity index (χ1n) is 3.85. The molecule has 0 radical (unpaired) electrons. The number of benzene rings is 1. The van der Waals surface area contributed by atoms with Gasteiger partial charge < -0.3 is 10.8 Å².